The van der Waals surface area contributed by atoms with Crippen LogP contribution in [0.4, 0.5) is 36.4 Å². The second-order valence-electron chi connectivity index (χ2n) is 10.4. The van der Waals surface area contributed by atoms with Crippen LogP contribution in [0.5, 0.6) is 5.75 Å². The second-order valence-corrected chi connectivity index (χ2v) is 11.5. The quantitative estimate of drug-likeness (QED) is 0.0660. The normalized spacial score (nSPS) is 12.7. The van der Waals surface area contributed by atoms with Crippen molar-refractivity contribution in [2.75, 3.05) is 25.2 Å². The van der Waals surface area contributed by atoms with Crippen LogP contribution in [0.3, 0.4) is 0 Å². The average molecular weight is 696 g/mol. The molecule has 254 valence electrons. The first-order valence-corrected chi connectivity index (χ1v) is 15.1. The number of hydrazone groups is 1. The van der Waals surface area contributed by atoms with Crippen LogP contribution in [-0.2, 0) is 11.0 Å². The molecule has 1 unspecified atom stereocenters. The Hall–Kier alpha value is -4.86. The van der Waals surface area contributed by atoms with Crippen LogP contribution in [0.15, 0.2) is 89.0 Å². The zero-order valence-corrected chi connectivity index (χ0v) is 26.1. The summed E-state index contributed by atoms with van der Waals surface area (Å²) in [5.41, 5.74) is 0.511. The highest BCUT2D eigenvalue weighted by Crippen LogP contribution is 2.39. The van der Waals surface area contributed by atoms with Crippen molar-refractivity contribution in [3.8, 4) is 5.75 Å². The number of ether oxygens (including phenoxy) is 1. The van der Waals surface area contributed by atoms with E-state index in [0.29, 0.717) is 0 Å². The highest BCUT2D eigenvalue weighted by Gasteiger charge is 2.44. The Morgan fingerprint density at radius 2 is 1.71 bits per heavy atom. The van der Waals surface area contributed by atoms with Crippen LogP contribution in [0.25, 0.3) is 10.9 Å². The molecule has 0 saturated carbocycles. The molecule has 0 fully saturated rings. The van der Waals surface area contributed by atoms with Gasteiger partial charge < -0.3 is 15.0 Å². The molecule has 4 rings (SSSR count). The molecule has 0 spiro atoms. The summed E-state index contributed by atoms with van der Waals surface area (Å²) in [4.78, 5) is 32.4. The number of amides is 2. The van der Waals surface area contributed by atoms with Gasteiger partial charge in [0.25, 0.3) is 5.91 Å². The number of aromatic nitrogens is 1. The maximum atomic E-state index is 14.3. The third-order valence-corrected chi connectivity index (χ3v) is 7.83. The highest BCUT2D eigenvalue weighted by atomic mass is 32.2. The number of halogens is 7. The third kappa shape index (κ3) is 9.36. The number of thioether (sulfide) groups is 1. The first-order chi connectivity index (χ1) is 22.7. The maximum Gasteiger partial charge on any atom is 0.461 e. The Bertz CT molecular complexity index is 1770. The molecule has 0 bridgehead atoms. The van der Waals surface area contributed by atoms with Crippen molar-refractivity contribution in [2.24, 2.45) is 5.10 Å². The van der Waals surface area contributed by atoms with Gasteiger partial charge in [0.2, 0.25) is 5.91 Å². The van der Waals surface area contributed by atoms with Crippen molar-refractivity contribution in [2.45, 2.75) is 36.1 Å². The first-order valence-electron chi connectivity index (χ1n) is 14.1. The summed E-state index contributed by atoms with van der Waals surface area (Å²) < 4.78 is 98.6. The van der Waals surface area contributed by atoms with Crippen molar-refractivity contribution < 1.29 is 45.1 Å². The third-order valence-electron chi connectivity index (χ3n) is 6.65. The van der Waals surface area contributed by atoms with Gasteiger partial charge in [-0.25, -0.2) is 5.43 Å². The lowest BCUT2D eigenvalue weighted by Gasteiger charge is -2.24. The number of hydrogen-bond donors (Lipinski definition) is 2. The molecule has 16 heteroatoms. The van der Waals surface area contributed by atoms with E-state index in [9.17, 15) is 40.3 Å². The molecular weight excluding hydrogens is 667 g/mol. The van der Waals surface area contributed by atoms with Gasteiger partial charge in [0.1, 0.15) is 5.75 Å². The van der Waals surface area contributed by atoms with Crippen LogP contribution in [0.1, 0.15) is 27.9 Å². The smallest absolute Gasteiger partial charge is 0.428 e. The largest absolute Gasteiger partial charge is 0.461 e. The molecule has 2 N–H and O–H groups in total. The second kappa shape index (κ2) is 15.4. The van der Waals surface area contributed by atoms with Gasteiger partial charge in [-0.3, -0.25) is 14.6 Å². The fourth-order valence-electron chi connectivity index (χ4n) is 4.35. The van der Waals surface area contributed by atoms with E-state index in [2.05, 4.69) is 25.6 Å². The summed E-state index contributed by atoms with van der Waals surface area (Å²) in [7, 11) is 3.08. The topological polar surface area (TPSA) is 95.9 Å². The maximum absolute atomic E-state index is 14.3. The number of nitrogens with one attached hydrogen (secondary N) is 2. The zero-order valence-electron chi connectivity index (χ0n) is 25.3. The van der Waals surface area contributed by atoms with Gasteiger partial charge in [-0.2, -0.15) is 35.8 Å². The summed E-state index contributed by atoms with van der Waals surface area (Å²) >= 11 is 1.35. The number of pyridine rings is 1. The Kier molecular flexibility index (Phi) is 11.5. The Balaban J connectivity index is 1.70. The van der Waals surface area contributed by atoms with Gasteiger partial charge in [0.15, 0.2) is 0 Å². The minimum absolute atomic E-state index is 0.0624. The minimum Gasteiger partial charge on any atom is -0.428 e. The lowest BCUT2D eigenvalue weighted by molar-refractivity contribution is -0.253. The molecule has 0 radical (unpaired) electrons. The van der Waals surface area contributed by atoms with Crippen molar-refractivity contribution >= 4 is 46.4 Å². The van der Waals surface area contributed by atoms with Crippen LogP contribution in [0.2, 0.25) is 0 Å². The molecule has 0 aliphatic rings. The van der Waals surface area contributed by atoms with E-state index in [1.807, 2.05) is 30.3 Å². The summed E-state index contributed by atoms with van der Waals surface area (Å²) in [6, 6.07) is 16.3. The number of carbonyl (C=O) groups excluding carboxylic acids is 2. The minimum atomic E-state index is -4.84. The molecule has 0 aliphatic carbocycles. The molecule has 1 aromatic heterocycles. The fraction of sp³-hybridized carbons (Fsp3) is 0.250. The number of anilines is 1. The van der Waals surface area contributed by atoms with Crippen LogP contribution < -0.4 is 15.5 Å². The Labute approximate surface area is 274 Å². The van der Waals surface area contributed by atoms with Crippen LogP contribution in [0, 0.1) is 0 Å². The average Bonchev–Trinajstić information content (AvgIpc) is 3.03. The van der Waals surface area contributed by atoms with E-state index in [-0.39, 0.29) is 40.4 Å². The van der Waals surface area contributed by atoms with Crippen molar-refractivity contribution in [1.29, 1.82) is 0 Å². The molecule has 4 aromatic rings. The van der Waals surface area contributed by atoms with Crippen LogP contribution >= 0.6 is 11.8 Å². The SMILES string of the molecule is CN(C)C(=O)CC(CSc1ccccc1)Nc1c(C(=O)N/N=C/c2cccc(OC(F)(F)C(F)F)c2)cnc2cccc(C(F)(F)F)c12. The Morgan fingerprint density at radius 3 is 2.38 bits per heavy atom. The van der Waals surface area contributed by atoms with Gasteiger partial charge in [-0.1, -0.05) is 36.4 Å². The monoisotopic (exact) mass is 695 g/mol. The van der Waals surface area contributed by atoms with E-state index >= 15 is 0 Å². The van der Waals surface area contributed by atoms with Gasteiger partial charge in [0.05, 0.1) is 28.5 Å². The summed E-state index contributed by atoms with van der Waals surface area (Å²) in [5, 5.41) is 6.36. The number of rotatable bonds is 13. The summed E-state index contributed by atoms with van der Waals surface area (Å²) in [5.74, 6) is -1.69. The zero-order chi connectivity index (χ0) is 35.1. The number of carbonyl (C=O) groups is 2. The lowest BCUT2D eigenvalue weighted by atomic mass is 10.0. The standard InChI is InChI=1S/C32H28F7N5O3S/c1-44(2)26(45)15-20(18-48-22-10-4-3-5-11-22)42-28-23(17-40-25-13-7-12-24(27(25)28)31(35,36)37)29(46)43-41-16-19-8-6-9-21(14-19)47-32(38,39)30(33)34/h3-14,16-17,20,30H,15,18H2,1-2H3,(H,40,42)(H,43,46)/b41-16+. The molecule has 1 atom stereocenters. The predicted molar refractivity (Wildman–Crippen MR) is 168 cm³/mol. The number of alkyl halides is 7. The van der Waals surface area contributed by atoms with Crippen molar-refractivity contribution in [3.63, 3.8) is 0 Å². The lowest BCUT2D eigenvalue weighted by Crippen LogP contribution is -2.33. The number of hydrogen-bond acceptors (Lipinski definition) is 7. The predicted octanol–water partition coefficient (Wildman–Crippen LogP) is 7.31. The Morgan fingerprint density at radius 1 is 1.00 bits per heavy atom. The van der Waals surface area contributed by atoms with E-state index in [0.717, 1.165) is 35.5 Å². The molecule has 0 saturated heterocycles. The molecule has 2 amide bonds. The molecule has 0 aliphatic heterocycles. The number of fused-ring (bicyclic) bond motifs is 1. The number of nitrogens with zero attached hydrogens (tertiary/aromatic N) is 3. The molecule has 3 aromatic carbocycles. The van der Waals surface area contributed by atoms with Gasteiger partial charge in [-0.05, 0) is 42.0 Å². The van der Waals surface area contributed by atoms with Crippen molar-refractivity contribution in [3.05, 3.63) is 95.7 Å². The van der Waals surface area contributed by atoms with E-state index in [4.69, 9.17) is 0 Å². The van der Waals surface area contributed by atoms with Gasteiger partial charge in [0, 0.05) is 48.8 Å². The van der Waals surface area contributed by atoms with Crippen LogP contribution in [-0.4, -0.2) is 66.3 Å². The molecule has 48 heavy (non-hydrogen) atoms. The molecule has 1 heterocycles. The van der Waals surface area contributed by atoms with E-state index in [1.165, 1.54) is 55.0 Å². The molecule has 8 nitrogen and oxygen atoms in total. The highest BCUT2D eigenvalue weighted by molar-refractivity contribution is 7.99. The first kappa shape index (κ1) is 36.0. The van der Waals surface area contributed by atoms with Gasteiger partial charge >= 0.3 is 18.7 Å². The summed E-state index contributed by atoms with van der Waals surface area (Å²) in [6.45, 7) is 0. The van der Waals surface area contributed by atoms with Gasteiger partial charge in [-0.15, -0.1) is 11.8 Å². The van der Waals surface area contributed by atoms with E-state index in [1.54, 1.807) is 0 Å². The molecular formula is C32H28F7N5O3S. The summed E-state index contributed by atoms with van der Waals surface area (Å²) in [6.07, 6.45) is -11.8. The van der Waals surface area contributed by atoms with E-state index < -0.39 is 47.4 Å². The van der Waals surface area contributed by atoms with Crippen molar-refractivity contribution in [1.82, 2.24) is 15.3 Å². The fourth-order valence-corrected chi connectivity index (χ4v) is 5.29. The number of benzene rings is 3.